The number of benzene rings is 1. The molecule has 110 valence electrons. The molecule has 0 aliphatic heterocycles. The van der Waals surface area contributed by atoms with Crippen LogP contribution in [0.25, 0.3) is 0 Å². The zero-order chi connectivity index (χ0) is 14.8. The van der Waals surface area contributed by atoms with Gasteiger partial charge in [-0.15, -0.1) is 6.58 Å². The Morgan fingerprint density at radius 3 is 2.60 bits per heavy atom. The van der Waals surface area contributed by atoms with Crippen molar-refractivity contribution in [1.82, 2.24) is 4.31 Å². The molecule has 1 saturated carbocycles. The second-order valence-electron chi connectivity index (χ2n) is 4.88. The molecule has 1 aliphatic rings. The molecular formula is C14H17BrFNO2S. The summed E-state index contributed by atoms with van der Waals surface area (Å²) in [6.07, 6.45) is 5.22. The Kier molecular flexibility index (Phi) is 4.99. The average Bonchev–Trinajstić information content (AvgIpc) is 2.88. The van der Waals surface area contributed by atoms with Gasteiger partial charge in [0.05, 0.1) is 0 Å². The Balaban J connectivity index is 2.41. The number of hydrogen-bond donors (Lipinski definition) is 0. The molecule has 1 aromatic carbocycles. The summed E-state index contributed by atoms with van der Waals surface area (Å²) < 4.78 is 41.2. The van der Waals surface area contributed by atoms with Gasteiger partial charge in [0.2, 0.25) is 10.0 Å². The van der Waals surface area contributed by atoms with Crippen molar-refractivity contribution in [3.05, 3.63) is 41.1 Å². The Morgan fingerprint density at radius 2 is 2.05 bits per heavy atom. The first kappa shape index (κ1) is 15.7. The zero-order valence-electron chi connectivity index (χ0n) is 11.1. The maximum Gasteiger partial charge on any atom is 0.246 e. The molecule has 1 aliphatic carbocycles. The van der Waals surface area contributed by atoms with Crippen molar-refractivity contribution in [1.29, 1.82) is 0 Å². The minimum atomic E-state index is -3.83. The normalized spacial score (nSPS) is 16.8. The van der Waals surface area contributed by atoms with Crippen molar-refractivity contribution in [2.24, 2.45) is 0 Å². The molecule has 20 heavy (non-hydrogen) atoms. The van der Waals surface area contributed by atoms with Crippen molar-refractivity contribution < 1.29 is 12.8 Å². The predicted octanol–water partition coefficient (Wildman–Crippen LogP) is 3.71. The molecule has 1 fully saturated rings. The summed E-state index contributed by atoms with van der Waals surface area (Å²) in [5.74, 6) is -0.730. The molecule has 2 rings (SSSR count). The molecule has 3 nitrogen and oxygen atoms in total. The van der Waals surface area contributed by atoms with Crippen LogP contribution in [0.4, 0.5) is 4.39 Å². The monoisotopic (exact) mass is 361 g/mol. The Hall–Kier alpha value is -0.720. The molecule has 0 N–H and O–H groups in total. The Labute approximate surface area is 127 Å². The molecule has 0 spiro atoms. The summed E-state index contributed by atoms with van der Waals surface area (Å²) in [6, 6.07) is 3.96. The lowest BCUT2D eigenvalue weighted by Crippen LogP contribution is -2.39. The molecule has 0 aromatic heterocycles. The summed E-state index contributed by atoms with van der Waals surface area (Å²) in [7, 11) is -3.83. The number of sulfonamides is 1. The highest BCUT2D eigenvalue weighted by Crippen LogP contribution is 2.30. The maximum atomic E-state index is 14.0. The van der Waals surface area contributed by atoms with E-state index in [1.165, 1.54) is 22.5 Å². The fourth-order valence-electron chi connectivity index (χ4n) is 2.57. The highest BCUT2D eigenvalue weighted by molar-refractivity contribution is 9.10. The predicted molar refractivity (Wildman–Crippen MR) is 80.4 cm³/mol. The van der Waals surface area contributed by atoms with Crippen molar-refractivity contribution >= 4 is 26.0 Å². The van der Waals surface area contributed by atoms with E-state index in [2.05, 4.69) is 22.5 Å². The van der Waals surface area contributed by atoms with Gasteiger partial charge < -0.3 is 0 Å². The van der Waals surface area contributed by atoms with Gasteiger partial charge in [-0.1, -0.05) is 34.8 Å². The van der Waals surface area contributed by atoms with Gasteiger partial charge in [-0.2, -0.15) is 4.31 Å². The van der Waals surface area contributed by atoms with Crippen LogP contribution >= 0.6 is 15.9 Å². The highest BCUT2D eigenvalue weighted by Gasteiger charge is 2.33. The lowest BCUT2D eigenvalue weighted by atomic mass is 10.2. The van der Waals surface area contributed by atoms with Gasteiger partial charge >= 0.3 is 0 Å². The first-order chi connectivity index (χ1) is 9.46. The van der Waals surface area contributed by atoms with Gasteiger partial charge in [0.1, 0.15) is 10.7 Å². The van der Waals surface area contributed by atoms with Gasteiger partial charge in [0.15, 0.2) is 0 Å². The van der Waals surface area contributed by atoms with Crippen LogP contribution in [-0.4, -0.2) is 25.3 Å². The first-order valence-electron chi connectivity index (χ1n) is 6.54. The van der Waals surface area contributed by atoms with Gasteiger partial charge in [0, 0.05) is 17.1 Å². The van der Waals surface area contributed by atoms with E-state index in [4.69, 9.17) is 0 Å². The van der Waals surface area contributed by atoms with Gasteiger partial charge in [0.25, 0.3) is 0 Å². The zero-order valence-corrected chi connectivity index (χ0v) is 13.5. The lowest BCUT2D eigenvalue weighted by molar-refractivity contribution is 0.346. The molecule has 0 unspecified atom stereocenters. The van der Waals surface area contributed by atoms with Crippen molar-refractivity contribution in [3.8, 4) is 0 Å². The largest absolute Gasteiger partial charge is 0.246 e. The molecule has 6 heteroatoms. The Morgan fingerprint density at radius 1 is 1.40 bits per heavy atom. The van der Waals surface area contributed by atoms with Crippen LogP contribution in [0.2, 0.25) is 0 Å². The first-order valence-corrected chi connectivity index (χ1v) is 8.78. The average molecular weight is 362 g/mol. The van der Waals surface area contributed by atoms with Crippen molar-refractivity contribution in [2.45, 2.75) is 36.6 Å². The third kappa shape index (κ3) is 3.13. The minimum Gasteiger partial charge on any atom is -0.207 e. The lowest BCUT2D eigenvalue weighted by Gasteiger charge is -2.27. The molecular weight excluding hydrogens is 345 g/mol. The van der Waals surface area contributed by atoms with Gasteiger partial charge in [-0.05, 0) is 31.0 Å². The molecule has 0 saturated heterocycles. The fraction of sp³-hybridized carbons (Fsp3) is 0.429. The molecule has 0 radical (unpaired) electrons. The van der Waals surface area contributed by atoms with Crippen LogP contribution in [0, 0.1) is 5.82 Å². The summed E-state index contributed by atoms with van der Waals surface area (Å²) in [6.45, 7) is 3.82. The topological polar surface area (TPSA) is 37.4 Å². The molecule has 0 bridgehead atoms. The summed E-state index contributed by atoms with van der Waals surface area (Å²) in [5, 5.41) is 0. The van der Waals surface area contributed by atoms with Crippen LogP contribution in [0.15, 0.2) is 40.2 Å². The number of halogens is 2. The molecule has 0 heterocycles. The van der Waals surface area contributed by atoms with Crippen molar-refractivity contribution in [3.63, 3.8) is 0 Å². The van der Waals surface area contributed by atoms with Crippen LogP contribution in [0.3, 0.4) is 0 Å². The maximum absolute atomic E-state index is 14.0. The van der Waals surface area contributed by atoms with E-state index < -0.39 is 15.8 Å². The van der Waals surface area contributed by atoms with Crippen molar-refractivity contribution in [2.75, 3.05) is 6.54 Å². The molecule has 0 amide bonds. The summed E-state index contributed by atoms with van der Waals surface area (Å²) >= 11 is 3.13. The SMILES string of the molecule is C=CCN(C1CCCC1)S(=O)(=O)c1ccc(Br)cc1F. The van der Waals surface area contributed by atoms with Crippen LogP contribution < -0.4 is 0 Å². The van der Waals surface area contributed by atoms with Crippen LogP contribution in [0.1, 0.15) is 25.7 Å². The van der Waals surface area contributed by atoms with E-state index in [0.29, 0.717) is 4.47 Å². The number of hydrogen-bond acceptors (Lipinski definition) is 2. The second-order valence-corrected chi connectivity index (χ2v) is 7.65. The van der Waals surface area contributed by atoms with E-state index in [0.717, 1.165) is 25.7 Å². The third-order valence-electron chi connectivity index (χ3n) is 3.52. The highest BCUT2D eigenvalue weighted by atomic mass is 79.9. The third-order valence-corrected chi connectivity index (χ3v) is 5.97. The molecule has 0 atom stereocenters. The van der Waals surface area contributed by atoms with E-state index in [1.54, 1.807) is 6.08 Å². The second kappa shape index (κ2) is 6.37. The van der Waals surface area contributed by atoms with Gasteiger partial charge in [-0.25, -0.2) is 12.8 Å². The van der Waals surface area contributed by atoms with Crippen LogP contribution in [0.5, 0.6) is 0 Å². The fourth-order valence-corrected chi connectivity index (χ4v) is 4.61. The smallest absolute Gasteiger partial charge is 0.207 e. The van der Waals surface area contributed by atoms with E-state index in [9.17, 15) is 12.8 Å². The van der Waals surface area contributed by atoms with E-state index in [1.807, 2.05) is 0 Å². The number of rotatable bonds is 5. The van der Waals surface area contributed by atoms with Gasteiger partial charge in [-0.3, -0.25) is 0 Å². The summed E-state index contributed by atoms with van der Waals surface area (Å²) in [5.41, 5.74) is 0. The van der Waals surface area contributed by atoms with Crippen LogP contribution in [-0.2, 0) is 10.0 Å². The van der Waals surface area contributed by atoms with E-state index >= 15 is 0 Å². The minimum absolute atomic E-state index is 0.0546. The van der Waals surface area contributed by atoms with E-state index in [-0.39, 0.29) is 17.5 Å². The number of nitrogens with zero attached hydrogens (tertiary/aromatic N) is 1. The molecule has 1 aromatic rings. The quantitative estimate of drug-likeness (QED) is 0.749. The summed E-state index contributed by atoms with van der Waals surface area (Å²) in [4.78, 5) is -0.269. The Bertz CT molecular complexity index is 597. The standard InChI is InChI=1S/C14H17BrFNO2S/c1-2-9-17(12-5-3-4-6-12)20(18,19)14-8-7-11(15)10-13(14)16/h2,7-8,10,12H,1,3-6,9H2.